The topological polar surface area (TPSA) is 75.7 Å². The Morgan fingerprint density at radius 2 is 1.71 bits per heavy atom. The van der Waals surface area contributed by atoms with Crippen molar-refractivity contribution >= 4 is 17.9 Å². The van der Waals surface area contributed by atoms with Crippen LogP contribution in [0.5, 0.6) is 0 Å². The molecule has 24 heavy (non-hydrogen) atoms. The molecule has 1 aromatic rings. The van der Waals surface area contributed by atoms with Crippen molar-refractivity contribution in [2.45, 2.75) is 44.6 Å². The second-order valence-electron chi connectivity index (χ2n) is 6.28. The predicted octanol–water partition coefficient (Wildman–Crippen LogP) is 2.73. The molecule has 2 aliphatic rings. The number of ether oxygens (including phenoxy) is 1. The number of benzene rings is 1. The van der Waals surface area contributed by atoms with E-state index in [0.29, 0.717) is 17.5 Å². The molecule has 1 N–H and O–H groups in total. The Bertz CT molecular complexity index is 603. The number of imide groups is 1. The summed E-state index contributed by atoms with van der Waals surface area (Å²) in [6.07, 6.45) is 5.55. The number of hydrogen-bond acceptors (Lipinski definition) is 4. The number of nitrogens with one attached hydrogen (secondary N) is 1. The third-order valence-electron chi connectivity index (χ3n) is 4.56. The normalized spacial score (nSPS) is 17.8. The van der Waals surface area contributed by atoms with Crippen molar-refractivity contribution in [3.8, 4) is 0 Å². The van der Waals surface area contributed by atoms with Crippen LogP contribution < -0.4 is 5.32 Å². The van der Waals surface area contributed by atoms with Gasteiger partial charge in [0.1, 0.15) is 0 Å². The molecule has 1 heterocycles. The zero-order valence-corrected chi connectivity index (χ0v) is 13.6. The average molecular weight is 330 g/mol. The molecular weight excluding hydrogens is 308 g/mol. The van der Waals surface area contributed by atoms with Crippen LogP contribution in [-0.2, 0) is 4.74 Å². The lowest BCUT2D eigenvalue weighted by Crippen LogP contribution is -2.37. The van der Waals surface area contributed by atoms with E-state index in [1.54, 1.807) is 24.3 Å². The molecule has 0 unspecified atom stereocenters. The lowest BCUT2D eigenvalue weighted by atomic mass is 9.96. The molecule has 0 atom stereocenters. The van der Waals surface area contributed by atoms with E-state index in [1.807, 2.05) is 0 Å². The SMILES string of the molecule is O=C(NC1CCCCC1)OCCCN1C(=O)c2ccccc2C1=O. The molecule has 0 bridgehead atoms. The molecule has 1 saturated carbocycles. The Hall–Kier alpha value is -2.37. The zero-order valence-electron chi connectivity index (χ0n) is 13.6. The van der Waals surface area contributed by atoms with Gasteiger partial charge in [-0.25, -0.2) is 4.79 Å². The summed E-state index contributed by atoms with van der Waals surface area (Å²) in [5.74, 6) is -0.551. The maximum Gasteiger partial charge on any atom is 0.407 e. The first-order valence-corrected chi connectivity index (χ1v) is 8.55. The highest BCUT2D eigenvalue weighted by atomic mass is 16.5. The van der Waals surface area contributed by atoms with Gasteiger partial charge in [-0.05, 0) is 31.4 Å². The fraction of sp³-hybridized carbons (Fsp3) is 0.500. The molecule has 1 aliphatic heterocycles. The fourth-order valence-corrected chi connectivity index (χ4v) is 3.29. The quantitative estimate of drug-likeness (QED) is 0.665. The van der Waals surface area contributed by atoms with E-state index < -0.39 is 6.09 Å². The van der Waals surface area contributed by atoms with Gasteiger partial charge in [-0.1, -0.05) is 31.4 Å². The molecule has 3 rings (SSSR count). The van der Waals surface area contributed by atoms with Crippen LogP contribution in [0.15, 0.2) is 24.3 Å². The number of carbonyl (C=O) groups is 3. The molecule has 6 nitrogen and oxygen atoms in total. The summed E-state index contributed by atoms with van der Waals surface area (Å²) in [7, 11) is 0. The van der Waals surface area contributed by atoms with Crippen LogP contribution in [0.2, 0.25) is 0 Å². The van der Waals surface area contributed by atoms with Crippen LogP contribution in [0.3, 0.4) is 0 Å². The minimum atomic E-state index is -0.413. The van der Waals surface area contributed by atoms with E-state index in [9.17, 15) is 14.4 Å². The van der Waals surface area contributed by atoms with Crippen LogP contribution in [0.25, 0.3) is 0 Å². The number of nitrogens with zero attached hydrogens (tertiary/aromatic N) is 1. The largest absolute Gasteiger partial charge is 0.449 e. The monoisotopic (exact) mass is 330 g/mol. The zero-order chi connectivity index (χ0) is 16.9. The van der Waals surface area contributed by atoms with Crippen molar-refractivity contribution in [2.75, 3.05) is 13.2 Å². The molecule has 1 fully saturated rings. The Balaban J connectivity index is 1.40. The van der Waals surface area contributed by atoms with Gasteiger partial charge in [0.15, 0.2) is 0 Å². The van der Waals surface area contributed by atoms with Gasteiger partial charge in [0.25, 0.3) is 11.8 Å². The van der Waals surface area contributed by atoms with Gasteiger partial charge in [0, 0.05) is 12.6 Å². The number of carbonyl (C=O) groups excluding carboxylic acids is 3. The summed E-state index contributed by atoms with van der Waals surface area (Å²) in [6, 6.07) is 7.01. The molecule has 3 amide bonds. The number of hydrogen-bond donors (Lipinski definition) is 1. The summed E-state index contributed by atoms with van der Waals surface area (Å²) in [5.41, 5.74) is 0.886. The molecular formula is C18H22N2O4. The molecule has 0 saturated heterocycles. The fourth-order valence-electron chi connectivity index (χ4n) is 3.29. The van der Waals surface area contributed by atoms with E-state index in [0.717, 1.165) is 25.7 Å². The summed E-state index contributed by atoms with van der Waals surface area (Å²) < 4.78 is 5.15. The second-order valence-corrected chi connectivity index (χ2v) is 6.28. The molecule has 0 aromatic heterocycles. The van der Waals surface area contributed by atoms with Gasteiger partial charge in [0.05, 0.1) is 17.7 Å². The molecule has 128 valence electrons. The smallest absolute Gasteiger partial charge is 0.407 e. The van der Waals surface area contributed by atoms with Gasteiger partial charge in [-0.15, -0.1) is 0 Å². The number of amides is 3. The van der Waals surface area contributed by atoms with E-state index >= 15 is 0 Å². The lowest BCUT2D eigenvalue weighted by molar-refractivity contribution is 0.0641. The first kappa shape index (κ1) is 16.5. The van der Waals surface area contributed by atoms with Crippen LogP contribution in [0, 0.1) is 0 Å². The average Bonchev–Trinajstić information content (AvgIpc) is 2.84. The minimum absolute atomic E-state index is 0.186. The van der Waals surface area contributed by atoms with Crippen LogP contribution in [0.1, 0.15) is 59.2 Å². The van der Waals surface area contributed by atoms with E-state index in [2.05, 4.69) is 5.32 Å². The van der Waals surface area contributed by atoms with E-state index in [4.69, 9.17) is 4.74 Å². The van der Waals surface area contributed by atoms with E-state index in [1.165, 1.54) is 11.3 Å². The lowest BCUT2D eigenvalue weighted by Gasteiger charge is -2.22. The van der Waals surface area contributed by atoms with Gasteiger partial charge in [0.2, 0.25) is 0 Å². The first-order valence-electron chi connectivity index (χ1n) is 8.55. The summed E-state index contributed by atoms with van der Waals surface area (Å²) in [4.78, 5) is 37.3. The summed E-state index contributed by atoms with van der Waals surface area (Å²) in [5, 5.41) is 2.87. The standard InChI is InChI=1S/C18H22N2O4/c21-16-14-9-4-5-10-15(14)17(22)20(16)11-6-12-24-18(23)19-13-7-2-1-3-8-13/h4-5,9-10,13H,1-3,6-8,11-12H2,(H,19,23). The molecule has 6 heteroatoms. The van der Waals surface area contributed by atoms with Crippen LogP contribution in [0.4, 0.5) is 4.79 Å². The van der Waals surface area contributed by atoms with Crippen LogP contribution >= 0.6 is 0 Å². The molecule has 1 aliphatic carbocycles. The maximum atomic E-state index is 12.2. The minimum Gasteiger partial charge on any atom is -0.449 e. The highest BCUT2D eigenvalue weighted by molar-refractivity contribution is 6.21. The molecule has 1 aromatic carbocycles. The van der Waals surface area contributed by atoms with Gasteiger partial charge in [-0.2, -0.15) is 0 Å². The van der Waals surface area contributed by atoms with Crippen molar-refractivity contribution in [1.29, 1.82) is 0 Å². The third kappa shape index (κ3) is 3.58. The Morgan fingerprint density at radius 1 is 1.08 bits per heavy atom. The molecule has 0 radical (unpaired) electrons. The van der Waals surface area contributed by atoms with Crippen molar-refractivity contribution in [3.63, 3.8) is 0 Å². The van der Waals surface area contributed by atoms with Crippen LogP contribution in [-0.4, -0.2) is 42.0 Å². The number of rotatable bonds is 5. The predicted molar refractivity (Wildman–Crippen MR) is 87.8 cm³/mol. The highest BCUT2D eigenvalue weighted by Gasteiger charge is 2.34. The second kappa shape index (κ2) is 7.47. The third-order valence-corrected chi connectivity index (χ3v) is 4.56. The molecule has 0 spiro atoms. The van der Waals surface area contributed by atoms with Crippen molar-refractivity contribution in [3.05, 3.63) is 35.4 Å². The summed E-state index contributed by atoms with van der Waals surface area (Å²) in [6.45, 7) is 0.439. The number of fused-ring (bicyclic) bond motifs is 1. The van der Waals surface area contributed by atoms with Gasteiger partial charge >= 0.3 is 6.09 Å². The highest BCUT2D eigenvalue weighted by Crippen LogP contribution is 2.22. The number of alkyl carbamates (subject to hydrolysis) is 1. The van der Waals surface area contributed by atoms with Crippen molar-refractivity contribution in [1.82, 2.24) is 10.2 Å². The Kier molecular flexibility index (Phi) is 5.13. The van der Waals surface area contributed by atoms with Gasteiger partial charge < -0.3 is 10.1 Å². The summed E-state index contributed by atoms with van der Waals surface area (Å²) >= 11 is 0. The first-order chi connectivity index (χ1) is 11.7. The Labute approximate surface area is 141 Å². The maximum absolute atomic E-state index is 12.2. The van der Waals surface area contributed by atoms with Crippen molar-refractivity contribution < 1.29 is 19.1 Å². The van der Waals surface area contributed by atoms with Gasteiger partial charge in [-0.3, -0.25) is 14.5 Å². The van der Waals surface area contributed by atoms with Crippen molar-refractivity contribution in [2.24, 2.45) is 0 Å². The van der Waals surface area contributed by atoms with E-state index in [-0.39, 0.29) is 31.0 Å². The Morgan fingerprint density at radius 3 is 2.33 bits per heavy atom.